The minimum absolute atomic E-state index is 0.460. The average Bonchev–Trinajstić information content (AvgIpc) is 2.76. The van der Waals surface area contributed by atoms with Crippen LogP contribution in [0.15, 0.2) is 24.3 Å². The van der Waals surface area contributed by atoms with Crippen molar-refractivity contribution in [1.29, 1.82) is 0 Å². The van der Waals surface area contributed by atoms with E-state index in [2.05, 4.69) is 14.9 Å². The number of nitrogens with zero attached hydrogens (tertiary/aromatic N) is 2. The molecule has 0 saturated heterocycles. The Kier molecular flexibility index (Phi) is 3.50. The Morgan fingerprint density at radius 2 is 2.12 bits per heavy atom. The van der Waals surface area contributed by atoms with Crippen molar-refractivity contribution in [2.45, 2.75) is 0 Å². The van der Waals surface area contributed by atoms with Gasteiger partial charge in [-0.3, -0.25) is 0 Å². The van der Waals surface area contributed by atoms with Crippen LogP contribution in [0.2, 0.25) is 0 Å². The maximum Gasteiger partial charge on any atom is 0.156 e. The number of nitrogens with two attached hydrogens (primary N) is 1. The first kappa shape index (κ1) is 11.7. The Morgan fingerprint density at radius 1 is 1.41 bits per heavy atom. The van der Waals surface area contributed by atoms with Gasteiger partial charge in [0.1, 0.15) is 15.7 Å². The summed E-state index contributed by atoms with van der Waals surface area (Å²) >= 11 is 6.31. The molecule has 0 saturated carbocycles. The lowest BCUT2D eigenvalue weighted by Crippen LogP contribution is -2.12. The van der Waals surface area contributed by atoms with Gasteiger partial charge in [-0.05, 0) is 24.3 Å². The molecule has 2 rings (SSSR count). The molecule has 0 aliphatic carbocycles. The second-order valence-electron chi connectivity index (χ2n) is 3.17. The van der Waals surface area contributed by atoms with Gasteiger partial charge in [-0.2, -0.15) is 0 Å². The highest BCUT2D eigenvalue weighted by atomic mass is 32.1. The number of hydrogen-bond donors (Lipinski definition) is 2. The molecular weight excluding hydrogens is 256 g/mol. The van der Waals surface area contributed by atoms with Gasteiger partial charge in [0.15, 0.2) is 5.69 Å². The molecule has 1 heterocycles. The van der Waals surface area contributed by atoms with E-state index in [0.717, 1.165) is 23.0 Å². The van der Waals surface area contributed by atoms with Gasteiger partial charge in [0.25, 0.3) is 0 Å². The van der Waals surface area contributed by atoms with Crippen molar-refractivity contribution in [3.8, 4) is 5.75 Å². The summed E-state index contributed by atoms with van der Waals surface area (Å²) in [5.74, 6) is 0.788. The summed E-state index contributed by atoms with van der Waals surface area (Å²) in [6, 6.07) is 7.41. The van der Waals surface area contributed by atoms with Crippen molar-refractivity contribution in [3.05, 3.63) is 30.0 Å². The first-order valence-electron chi connectivity index (χ1n) is 4.74. The fourth-order valence-corrected chi connectivity index (χ4v) is 1.99. The van der Waals surface area contributed by atoms with E-state index < -0.39 is 0 Å². The van der Waals surface area contributed by atoms with Crippen LogP contribution in [0.5, 0.6) is 5.75 Å². The van der Waals surface area contributed by atoms with Gasteiger partial charge in [0.05, 0.1) is 7.11 Å². The second-order valence-corrected chi connectivity index (χ2v) is 4.36. The zero-order chi connectivity index (χ0) is 12.3. The molecule has 0 atom stereocenters. The van der Waals surface area contributed by atoms with Crippen LogP contribution in [0.1, 0.15) is 5.69 Å². The van der Waals surface area contributed by atoms with E-state index in [1.807, 2.05) is 24.3 Å². The van der Waals surface area contributed by atoms with Gasteiger partial charge in [-0.25, -0.2) is 0 Å². The van der Waals surface area contributed by atoms with Crippen LogP contribution >= 0.6 is 23.8 Å². The Hall–Kier alpha value is -1.73. The standard InChI is InChI=1S/C10H10N4OS2/c1-15-7-4-2-6(3-5-7)12-10(16)8-9(11)17-14-13-8/h2-5H,11H2,1H3,(H,12,16). The molecule has 0 spiro atoms. The minimum atomic E-state index is 0.460. The molecular formula is C10H10N4OS2. The number of aromatic nitrogens is 2. The quantitative estimate of drug-likeness (QED) is 0.827. The van der Waals surface area contributed by atoms with Gasteiger partial charge in [-0.15, -0.1) is 5.10 Å². The largest absolute Gasteiger partial charge is 0.497 e. The smallest absolute Gasteiger partial charge is 0.156 e. The molecule has 1 aromatic heterocycles. The Bertz CT molecular complexity index is 523. The van der Waals surface area contributed by atoms with Gasteiger partial charge in [0, 0.05) is 17.2 Å². The maximum atomic E-state index is 5.69. The van der Waals surface area contributed by atoms with Crippen molar-refractivity contribution in [3.63, 3.8) is 0 Å². The van der Waals surface area contributed by atoms with Crippen LogP contribution in [-0.2, 0) is 0 Å². The Balaban J connectivity index is 2.10. The number of anilines is 2. The fourth-order valence-electron chi connectivity index (χ4n) is 1.22. The highest BCUT2D eigenvalue weighted by molar-refractivity contribution is 7.81. The highest BCUT2D eigenvalue weighted by Crippen LogP contribution is 2.18. The normalized spacial score (nSPS) is 9.94. The molecule has 0 amide bonds. The summed E-state index contributed by atoms with van der Waals surface area (Å²) in [4.78, 5) is 0.460. The van der Waals surface area contributed by atoms with Crippen LogP contribution in [0.4, 0.5) is 10.7 Å². The van der Waals surface area contributed by atoms with Gasteiger partial charge < -0.3 is 15.8 Å². The molecule has 0 aliphatic heterocycles. The van der Waals surface area contributed by atoms with Crippen molar-refractivity contribution in [2.24, 2.45) is 0 Å². The van der Waals surface area contributed by atoms with E-state index in [1.165, 1.54) is 0 Å². The number of methoxy groups -OCH3 is 1. The molecule has 3 N–H and O–H groups in total. The molecule has 0 radical (unpaired) electrons. The summed E-state index contributed by atoms with van der Waals surface area (Å²) in [7, 11) is 1.62. The van der Waals surface area contributed by atoms with E-state index in [9.17, 15) is 0 Å². The second kappa shape index (κ2) is 5.07. The number of thiocarbonyl (C=S) groups is 1. The number of nitrogens with one attached hydrogen (secondary N) is 1. The van der Waals surface area contributed by atoms with Gasteiger partial charge >= 0.3 is 0 Å². The summed E-state index contributed by atoms with van der Waals surface area (Å²) in [5.41, 5.74) is 7.05. The zero-order valence-electron chi connectivity index (χ0n) is 9.01. The Labute approximate surface area is 108 Å². The molecule has 0 aliphatic rings. The summed E-state index contributed by atoms with van der Waals surface area (Å²) in [5, 5.41) is 7.41. The van der Waals surface area contributed by atoms with Crippen LogP contribution in [0.3, 0.4) is 0 Å². The van der Waals surface area contributed by atoms with Crippen molar-refractivity contribution < 1.29 is 4.74 Å². The molecule has 0 bridgehead atoms. The number of benzene rings is 1. The maximum absolute atomic E-state index is 5.69. The van der Waals surface area contributed by atoms with E-state index in [0.29, 0.717) is 15.7 Å². The van der Waals surface area contributed by atoms with Crippen molar-refractivity contribution >= 4 is 39.4 Å². The van der Waals surface area contributed by atoms with E-state index >= 15 is 0 Å². The number of ether oxygens (including phenoxy) is 1. The minimum Gasteiger partial charge on any atom is -0.497 e. The van der Waals surface area contributed by atoms with Crippen LogP contribution in [0.25, 0.3) is 0 Å². The third-order valence-corrected chi connectivity index (χ3v) is 2.93. The van der Waals surface area contributed by atoms with E-state index in [1.54, 1.807) is 7.11 Å². The third-order valence-electron chi connectivity index (χ3n) is 2.08. The lowest BCUT2D eigenvalue weighted by Gasteiger charge is -2.06. The van der Waals surface area contributed by atoms with Gasteiger partial charge in [0.2, 0.25) is 0 Å². The molecule has 1 aromatic carbocycles. The molecule has 88 valence electrons. The van der Waals surface area contributed by atoms with Crippen molar-refractivity contribution in [1.82, 2.24) is 9.59 Å². The van der Waals surface area contributed by atoms with Crippen LogP contribution in [0, 0.1) is 0 Å². The highest BCUT2D eigenvalue weighted by Gasteiger charge is 2.10. The predicted molar refractivity (Wildman–Crippen MR) is 72.6 cm³/mol. The zero-order valence-corrected chi connectivity index (χ0v) is 10.6. The van der Waals surface area contributed by atoms with E-state index in [4.69, 9.17) is 22.7 Å². The molecule has 7 heteroatoms. The molecule has 17 heavy (non-hydrogen) atoms. The molecule has 0 unspecified atom stereocenters. The molecule has 2 aromatic rings. The summed E-state index contributed by atoms with van der Waals surface area (Å²) in [6.45, 7) is 0. The average molecular weight is 266 g/mol. The SMILES string of the molecule is COc1ccc(NC(=S)c2nnsc2N)cc1. The number of rotatable bonds is 3. The topological polar surface area (TPSA) is 73.1 Å². The van der Waals surface area contributed by atoms with Crippen molar-refractivity contribution in [2.75, 3.05) is 18.2 Å². The van der Waals surface area contributed by atoms with Crippen LogP contribution in [-0.4, -0.2) is 21.7 Å². The monoisotopic (exact) mass is 266 g/mol. The third kappa shape index (κ3) is 2.69. The first-order chi connectivity index (χ1) is 8.20. The lowest BCUT2D eigenvalue weighted by molar-refractivity contribution is 0.415. The molecule has 5 nitrogen and oxygen atoms in total. The van der Waals surface area contributed by atoms with Crippen LogP contribution < -0.4 is 15.8 Å². The van der Waals surface area contributed by atoms with E-state index in [-0.39, 0.29) is 0 Å². The fraction of sp³-hybridized carbons (Fsp3) is 0.100. The number of nitrogen functional groups attached to an aromatic ring is 1. The Morgan fingerprint density at radius 3 is 2.65 bits per heavy atom. The van der Waals surface area contributed by atoms with Gasteiger partial charge in [-0.1, -0.05) is 16.7 Å². The summed E-state index contributed by atoms with van der Waals surface area (Å²) in [6.07, 6.45) is 0. The molecule has 0 fully saturated rings. The lowest BCUT2D eigenvalue weighted by atomic mass is 10.3. The first-order valence-corrected chi connectivity index (χ1v) is 5.92. The number of hydrogen-bond acceptors (Lipinski definition) is 6. The summed E-state index contributed by atoms with van der Waals surface area (Å²) < 4.78 is 8.80. The predicted octanol–water partition coefficient (Wildman–Crippen LogP) is 1.92.